The van der Waals surface area contributed by atoms with Gasteiger partial charge in [-0.3, -0.25) is 4.79 Å². The number of aromatic nitrogens is 3. The molecule has 27 heavy (non-hydrogen) atoms. The van der Waals surface area contributed by atoms with E-state index in [0.717, 1.165) is 6.20 Å². The monoisotopic (exact) mass is 376 g/mol. The number of benzene rings is 1. The third kappa shape index (κ3) is 3.76. The zero-order chi connectivity index (χ0) is 19.6. The van der Waals surface area contributed by atoms with Crippen LogP contribution in [0, 0.1) is 6.92 Å². The Balaban J connectivity index is 1.99. The number of ether oxygens (including phenoxy) is 1. The van der Waals surface area contributed by atoms with E-state index in [0.29, 0.717) is 16.3 Å². The average Bonchev–Trinajstić information content (AvgIpc) is 3.10. The molecular formula is C18H15F3N4O2. The van der Waals surface area contributed by atoms with Crippen LogP contribution in [-0.4, -0.2) is 27.8 Å². The van der Waals surface area contributed by atoms with Gasteiger partial charge in [-0.05, 0) is 25.1 Å². The number of pyridine rings is 1. The van der Waals surface area contributed by atoms with E-state index >= 15 is 0 Å². The Labute approximate surface area is 152 Å². The van der Waals surface area contributed by atoms with Crippen molar-refractivity contribution in [3.8, 4) is 11.6 Å². The van der Waals surface area contributed by atoms with Gasteiger partial charge in [-0.2, -0.15) is 18.3 Å². The first-order valence-corrected chi connectivity index (χ1v) is 7.85. The van der Waals surface area contributed by atoms with E-state index in [-0.39, 0.29) is 11.4 Å². The molecule has 0 spiro atoms. The summed E-state index contributed by atoms with van der Waals surface area (Å²) in [5.74, 6) is -0.599. The van der Waals surface area contributed by atoms with Crippen LogP contribution in [-0.2, 0) is 6.18 Å². The molecule has 1 aromatic carbocycles. The summed E-state index contributed by atoms with van der Waals surface area (Å²) >= 11 is 0. The number of carbonyl (C=O) groups excluding carboxylic acids is 1. The number of alkyl halides is 3. The lowest BCUT2D eigenvalue weighted by Crippen LogP contribution is -2.21. The standard InChI is InChI=1S/C18H15F3N4O2/c1-11-14(8-9-15(23-11)27-2)24-17(26)13-10-22-25(16(13)18(19,20)21)12-6-4-3-5-7-12/h3-10H,1-2H3,(H,24,26). The number of nitrogens with one attached hydrogen (secondary N) is 1. The van der Waals surface area contributed by atoms with Crippen LogP contribution in [0.25, 0.3) is 5.69 Å². The Hall–Kier alpha value is -3.36. The van der Waals surface area contributed by atoms with Gasteiger partial charge < -0.3 is 10.1 Å². The van der Waals surface area contributed by atoms with Gasteiger partial charge in [-0.25, -0.2) is 9.67 Å². The number of anilines is 1. The SMILES string of the molecule is COc1ccc(NC(=O)c2cnn(-c3ccccc3)c2C(F)(F)F)c(C)n1. The lowest BCUT2D eigenvalue weighted by molar-refractivity contribution is -0.143. The fourth-order valence-electron chi connectivity index (χ4n) is 2.53. The molecule has 0 aliphatic rings. The Bertz CT molecular complexity index is 968. The predicted molar refractivity (Wildman–Crippen MR) is 92.0 cm³/mol. The number of hydrogen-bond acceptors (Lipinski definition) is 4. The van der Waals surface area contributed by atoms with E-state index in [1.807, 2.05) is 0 Å². The first-order chi connectivity index (χ1) is 12.8. The number of aryl methyl sites for hydroxylation is 1. The molecule has 9 heteroatoms. The summed E-state index contributed by atoms with van der Waals surface area (Å²) in [7, 11) is 1.44. The van der Waals surface area contributed by atoms with Crippen LogP contribution in [0.4, 0.5) is 18.9 Å². The highest BCUT2D eigenvalue weighted by Crippen LogP contribution is 2.34. The third-order valence-corrected chi connectivity index (χ3v) is 3.80. The molecule has 0 aliphatic heterocycles. The van der Waals surface area contributed by atoms with Crippen molar-refractivity contribution in [3.05, 3.63) is 65.6 Å². The number of carbonyl (C=O) groups is 1. The molecule has 0 atom stereocenters. The molecular weight excluding hydrogens is 361 g/mol. The van der Waals surface area contributed by atoms with Gasteiger partial charge in [0.1, 0.15) is 0 Å². The molecule has 3 rings (SSSR count). The Morgan fingerprint density at radius 1 is 1.15 bits per heavy atom. The van der Waals surface area contributed by atoms with Crippen LogP contribution >= 0.6 is 0 Å². The maximum absolute atomic E-state index is 13.6. The van der Waals surface area contributed by atoms with Crippen molar-refractivity contribution in [2.24, 2.45) is 0 Å². The molecule has 0 bridgehead atoms. The van der Waals surface area contributed by atoms with Crippen LogP contribution in [0.15, 0.2) is 48.7 Å². The third-order valence-electron chi connectivity index (χ3n) is 3.80. The fourth-order valence-corrected chi connectivity index (χ4v) is 2.53. The van der Waals surface area contributed by atoms with Gasteiger partial charge in [-0.15, -0.1) is 0 Å². The van der Waals surface area contributed by atoms with E-state index in [1.54, 1.807) is 25.1 Å². The maximum Gasteiger partial charge on any atom is 0.434 e. The van der Waals surface area contributed by atoms with Gasteiger partial charge in [0, 0.05) is 6.07 Å². The lowest BCUT2D eigenvalue weighted by atomic mass is 10.2. The number of nitrogens with zero attached hydrogens (tertiary/aromatic N) is 3. The molecule has 1 amide bonds. The number of halogens is 3. The summed E-state index contributed by atoms with van der Waals surface area (Å²) in [5.41, 5.74) is -0.842. The van der Waals surface area contributed by atoms with Gasteiger partial charge >= 0.3 is 6.18 Å². The van der Waals surface area contributed by atoms with Crippen molar-refractivity contribution in [3.63, 3.8) is 0 Å². The van der Waals surface area contributed by atoms with Gasteiger partial charge in [-0.1, -0.05) is 18.2 Å². The van der Waals surface area contributed by atoms with Crippen molar-refractivity contribution in [2.45, 2.75) is 13.1 Å². The Morgan fingerprint density at radius 3 is 2.44 bits per heavy atom. The first kappa shape index (κ1) is 18.4. The van der Waals surface area contributed by atoms with Gasteiger partial charge in [0.05, 0.1) is 35.9 Å². The second kappa shape index (κ2) is 7.10. The topological polar surface area (TPSA) is 69.0 Å². The van der Waals surface area contributed by atoms with Gasteiger partial charge in [0.15, 0.2) is 5.69 Å². The fraction of sp³-hybridized carbons (Fsp3) is 0.167. The maximum atomic E-state index is 13.6. The molecule has 0 fully saturated rings. The second-order valence-corrected chi connectivity index (χ2v) is 5.59. The molecule has 0 saturated heterocycles. The largest absolute Gasteiger partial charge is 0.481 e. The predicted octanol–water partition coefficient (Wildman–Crippen LogP) is 3.86. The van der Waals surface area contributed by atoms with E-state index in [1.165, 1.54) is 31.4 Å². The van der Waals surface area contributed by atoms with E-state index in [2.05, 4.69) is 15.4 Å². The number of methoxy groups -OCH3 is 1. The van der Waals surface area contributed by atoms with Gasteiger partial charge in [0.25, 0.3) is 5.91 Å². The zero-order valence-electron chi connectivity index (χ0n) is 14.4. The van der Waals surface area contributed by atoms with Crippen LogP contribution in [0.5, 0.6) is 5.88 Å². The quantitative estimate of drug-likeness (QED) is 0.751. The van der Waals surface area contributed by atoms with E-state index in [9.17, 15) is 18.0 Å². The van der Waals surface area contributed by atoms with Crippen molar-refractivity contribution >= 4 is 11.6 Å². The second-order valence-electron chi connectivity index (χ2n) is 5.59. The molecule has 140 valence electrons. The highest BCUT2D eigenvalue weighted by molar-refractivity contribution is 6.05. The average molecular weight is 376 g/mol. The zero-order valence-corrected chi connectivity index (χ0v) is 14.4. The van der Waals surface area contributed by atoms with Crippen LogP contribution in [0.2, 0.25) is 0 Å². The summed E-state index contributed by atoms with van der Waals surface area (Å²) in [6, 6.07) is 10.8. The highest BCUT2D eigenvalue weighted by Gasteiger charge is 2.40. The molecule has 6 nitrogen and oxygen atoms in total. The lowest BCUT2D eigenvalue weighted by Gasteiger charge is -2.13. The normalized spacial score (nSPS) is 11.3. The summed E-state index contributed by atoms with van der Waals surface area (Å²) in [6.45, 7) is 1.61. The number of rotatable bonds is 4. The van der Waals surface area contributed by atoms with E-state index < -0.39 is 23.3 Å². The summed E-state index contributed by atoms with van der Waals surface area (Å²) in [4.78, 5) is 16.6. The first-order valence-electron chi connectivity index (χ1n) is 7.85. The molecule has 1 N–H and O–H groups in total. The smallest absolute Gasteiger partial charge is 0.434 e. The molecule has 0 radical (unpaired) electrons. The van der Waals surface area contributed by atoms with Crippen molar-refractivity contribution in [1.82, 2.24) is 14.8 Å². The minimum absolute atomic E-state index is 0.200. The molecule has 0 aliphatic carbocycles. The minimum atomic E-state index is -4.77. The van der Waals surface area contributed by atoms with Crippen molar-refractivity contribution in [1.29, 1.82) is 0 Å². The molecule has 3 aromatic rings. The summed E-state index contributed by atoms with van der Waals surface area (Å²) in [6.07, 6.45) is -3.87. The minimum Gasteiger partial charge on any atom is -0.481 e. The Morgan fingerprint density at radius 2 is 1.85 bits per heavy atom. The van der Waals surface area contributed by atoms with Crippen LogP contribution < -0.4 is 10.1 Å². The van der Waals surface area contributed by atoms with E-state index in [4.69, 9.17) is 4.74 Å². The van der Waals surface area contributed by atoms with Crippen LogP contribution in [0.1, 0.15) is 21.7 Å². The number of amides is 1. The van der Waals surface area contributed by atoms with Crippen molar-refractivity contribution < 1.29 is 22.7 Å². The number of hydrogen-bond donors (Lipinski definition) is 1. The Kier molecular flexibility index (Phi) is 4.85. The highest BCUT2D eigenvalue weighted by atomic mass is 19.4. The molecule has 0 saturated carbocycles. The van der Waals surface area contributed by atoms with Crippen molar-refractivity contribution in [2.75, 3.05) is 12.4 Å². The molecule has 2 heterocycles. The summed E-state index contributed by atoms with van der Waals surface area (Å²) < 4.78 is 46.6. The summed E-state index contributed by atoms with van der Waals surface area (Å²) in [5, 5.41) is 6.21. The molecule has 2 aromatic heterocycles. The van der Waals surface area contributed by atoms with Gasteiger partial charge in [0.2, 0.25) is 5.88 Å². The number of para-hydroxylation sites is 1. The molecule has 0 unspecified atom stereocenters. The van der Waals surface area contributed by atoms with Crippen LogP contribution in [0.3, 0.4) is 0 Å².